The Morgan fingerprint density at radius 2 is 1.88 bits per heavy atom. The van der Waals surface area contributed by atoms with Gasteiger partial charge >= 0.3 is 0 Å². The molecule has 2 aromatic rings. The summed E-state index contributed by atoms with van der Waals surface area (Å²) in [6.45, 7) is 7.54. The minimum Gasteiger partial charge on any atom is -0.370 e. The zero-order valence-electron chi connectivity index (χ0n) is 15.0. The first-order valence-electron chi connectivity index (χ1n) is 8.91. The van der Waals surface area contributed by atoms with Gasteiger partial charge in [-0.05, 0) is 42.4 Å². The van der Waals surface area contributed by atoms with E-state index >= 15 is 0 Å². The van der Waals surface area contributed by atoms with Crippen molar-refractivity contribution in [2.45, 2.75) is 20.0 Å². The van der Waals surface area contributed by atoms with Gasteiger partial charge in [-0.2, -0.15) is 0 Å². The van der Waals surface area contributed by atoms with Crippen LogP contribution in [0.15, 0.2) is 42.5 Å². The summed E-state index contributed by atoms with van der Waals surface area (Å²) in [4.78, 5) is 1.57. The molecule has 4 nitrogen and oxygen atoms in total. The molecule has 1 fully saturated rings. The number of aryl methyl sites for hydroxylation is 1. The van der Waals surface area contributed by atoms with Gasteiger partial charge in [0.2, 0.25) is 0 Å². The van der Waals surface area contributed by atoms with Crippen molar-refractivity contribution in [3.63, 3.8) is 0 Å². The number of nitrogens with one attached hydrogen (secondary N) is 3. The van der Waals surface area contributed by atoms with Gasteiger partial charge in [0.05, 0.1) is 13.2 Å². The first-order valence-corrected chi connectivity index (χ1v) is 9.69. The number of anilines is 1. The fourth-order valence-electron chi connectivity index (χ4n) is 3.03. The van der Waals surface area contributed by atoms with Crippen molar-refractivity contribution in [1.29, 1.82) is 0 Å². The monoisotopic (exact) mass is 390 g/mol. The Bertz CT molecular complexity index is 762. The lowest BCUT2D eigenvalue weighted by Crippen LogP contribution is -3.12. The summed E-state index contributed by atoms with van der Waals surface area (Å²) in [5.41, 5.74) is 4.58. The highest BCUT2D eigenvalue weighted by atomic mass is 35.5. The predicted molar refractivity (Wildman–Crippen MR) is 111 cm³/mol. The fourth-order valence-corrected chi connectivity index (χ4v) is 3.40. The summed E-state index contributed by atoms with van der Waals surface area (Å²) in [6, 6.07) is 14.4. The molecule has 0 spiro atoms. The van der Waals surface area contributed by atoms with Crippen LogP contribution in [0.3, 0.4) is 0 Å². The van der Waals surface area contributed by atoms with E-state index in [-0.39, 0.29) is 0 Å². The van der Waals surface area contributed by atoms with Crippen molar-refractivity contribution in [2.75, 3.05) is 31.6 Å². The third-order valence-corrected chi connectivity index (χ3v) is 5.28. The molecule has 0 bridgehead atoms. The molecule has 0 atom stereocenters. The van der Waals surface area contributed by atoms with Crippen LogP contribution in [0.4, 0.5) is 5.69 Å². The number of rotatable bonds is 5. The van der Waals surface area contributed by atoms with Crippen LogP contribution in [0.2, 0.25) is 5.02 Å². The van der Waals surface area contributed by atoms with Crippen LogP contribution >= 0.6 is 23.8 Å². The maximum Gasteiger partial charge on any atom is 0.171 e. The Morgan fingerprint density at radius 3 is 2.62 bits per heavy atom. The molecule has 138 valence electrons. The molecule has 6 heteroatoms. The maximum absolute atomic E-state index is 6.17. The average Bonchev–Trinajstić information content (AvgIpc) is 2.65. The van der Waals surface area contributed by atoms with E-state index in [0.29, 0.717) is 11.7 Å². The molecule has 3 N–H and O–H groups in total. The topological polar surface area (TPSA) is 37.7 Å². The van der Waals surface area contributed by atoms with Crippen molar-refractivity contribution in [3.05, 3.63) is 64.2 Å². The molecular weight excluding hydrogens is 366 g/mol. The van der Waals surface area contributed by atoms with Gasteiger partial charge < -0.3 is 20.3 Å². The van der Waals surface area contributed by atoms with Gasteiger partial charge in [0.15, 0.2) is 5.11 Å². The van der Waals surface area contributed by atoms with Gasteiger partial charge in [-0.1, -0.05) is 41.9 Å². The Balaban J connectivity index is 1.56. The molecule has 0 aromatic heterocycles. The number of ether oxygens (including phenoxy) is 1. The lowest BCUT2D eigenvalue weighted by molar-refractivity contribution is -0.921. The lowest BCUT2D eigenvalue weighted by atomic mass is 10.1. The van der Waals surface area contributed by atoms with E-state index in [0.717, 1.165) is 49.1 Å². The number of thiocarbonyl (C=S) groups is 1. The van der Waals surface area contributed by atoms with Gasteiger partial charge in [0.1, 0.15) is 19.6 Å². The van der Waals surface area contributed by atoms with Gasteiger partial charge in [-0.15, -0.1) is 0 Å². The average molecular weight is 391 g/mol. The van der Waals surface area contributed by atoms with Crippen LogP contribution in [-0.2, 0) is 17.8 Å². The number of halogens is 1. The molecule has 0 aliphatic carbocycles. The molecule has 0 radical (unpaired) electrons. The molecule has 1 heterocycles. The summed E-state index contributed by atoms with van der Waals surface area (Å²) in [6.07, 6.45) is 0. The summed E-state index contributed by atoms with van der Waals surface area (Å²) in [7, 11) is 0. The largest absolute Gasteiger partial charge is 0.370 e. The van der Waals surface area contributed by atoms with E-state index in [4.69, 9.17) is 28.6 Å². The Labute approximate surface area is 165 Å². The molecule has 0 unspecified atom stereocenters. The van der Waals surface area contributed by atoms with Crippen LogP contribution in [0.1, 0.15) is 16.7 Å². The zero-order chi connectivity index (χ0) is 18.4. The molecule has 0 saturated carbocycles. The Kier molecular flexibility index (Phi) is 6.86. The standard InChI is InChI=1S/C20H24ClN3OS/c1-15-6-7-18(12-19(15)21)23-20(26)22-13-16-4-2-3-5-17(16)14-24-8-10-25-11-9-24/h2-7,12H,8-11,13-14H2,1H3,(H2,22,23,26)/p+1. The van der Waals surface area contributed by atoms with Crippen molar-refractivity contribution >= 4 is 34.6 Å². The van der Waals surface area contributed by atoms with E-state index in [1.165, 1.54) is 11.1 Å². The van der Waals surface area contributed by atoms with E-state index in [9.17, 15) is 0 Å². The van der Waals surface area contributed by atoms with E-state index in [1.807, 2.05) is 25.1 Å². The van der Waals surface area contributed by atoms with Crippen LogP contribution < -0.4 is 15.5 Å². The first kappa shape index (κ1) is 19.1. The highest BCUT2D eigenvalue weighted by Crippen LogP contribution is 2.19. The number of quaternary nitrogens is 1. The van der Waals surface area contributed by atoms with Crippen molar-refractivity contribution < 1.29 is 9.64 Å². The highest BCUT2D eigenvalue weighted by Gasteiger charge is 2.15. The van der Waals surface area contributed by atoms with E-state index in [2.05, 4.69) is 34.9 Å². The second-order valence-corrected chi connectivity index (χ2v) is 7.39. The number of benzene rings is 2. The van der Waals surface area contributed by atoms with Gasteiger partial charge in [0.25, 0.3) is 0 Å². The first-order chi connectivity index (χ1) is 12.6. The fraction of sp³-hybridized carbons (Fsp3) is 0.350. The third-order valence-electron chi connectivity index (χ3n) is 4.63. The van der Waals surface area contributed by atoms with Gasteiger partial charge in [-0.25, -0.2) is 0 Å². The molecule has 2 aromatic carbocycles. The summed E-state index contributed by atoms with van der Waals surface area (Å²) in [5, 5.41) is 7.83. The highest BCUT2D eigenvalue weighted by molar-refractivity contribution is 7.80. The summed E-state index contributed by atoms with van der Waals surface area (Å²) >= 11 is 11.6. The molecule has 3 rings (SSSR count). The van der Waals surface area contributed by atoms with Crippen molar-refractivity contribution in [1.82, 2.24) is 5.32 Å². The minimum atomic E-state index is 0.596. The van der Waals surface area contributed by atoms with Crippen LogP contribution in [-0.4, -0.2) is 31.4 Å². The van der Waals surface area contributed by atoms with Crippen LogP contribution in [0, 0.1) is 6.92 Å². The van der Waals surface area contributed by atoms with Crippen LogP contribution in [0.25, 0.3) is 0 Å². The number of hydrogen-bond acceptors (Lipinski definition) is 2. The predicted octanol–water partition coefficient (Wildman–Crippen LogP) is 2.55. The second-order valence-electron chi connectivity index (χ2n) is 6.58. The van der Waals surface area contributed by atoms with Crippen molar-refractivity contribution in [2.24, 2.45) is 0 Å². The van der Waals surface area contributed by atoms with Crippen molar-refractivity contribution in [3.8, 4) is 0 Å². The Hall–Kier alpha value is -1.66. The molecular formula is C20H25ClN3OS+. The molecule has 0 amide bonds. The third kappa shape index (κ3) is 5.42. The molecule has 1 aliphatic heterocycles. The quantitative estimate of drug-likeness (QED) is 0.686. The number of morpholine rings is 1. The number of hydrogen-bond donors (Lipinski definition) is 3. The lowest BCUT2D eigenvalue weighted by Gasteiger charge is -2.24. The second kappa shape index (κ2) is 9.33. The van der Waals surface area contributed by atoms with Gasteiger partial charge in [0, 0.05) is 22.8 Å². The molecule has 1 aliphatic rings. The van der Waals surface area contributed by atoms with E-state index in [1.54, 1.807) is 4.90 Å². The van der Waals surface area contributed by atoms with Gasteiger partial charge in [-0.3, -0.25) is 0 Å². The minimum absolute atomic E-state index is 0.596. The molecule has 26 heavy (non-hydrogen) atoms. The Morgan fingerprint density at radius 1 is 1.15 bits per heavy atom. The molecule has 1 saturated heterocycles. The maximum atomic E-state index is 6.17. The SMILES string of the molecule is Cc1ccc(NC(=S)NCc2ccccc2C[NH+]2CCOCC2)cc1Cl. The smallest absolute Gasteiger partial charge is 0.171 e. The normalized spacial score (nSPS) is 14.8. The zero-order valence-corrected chi connectivity index (χ0v) is 16.6. The summed E-state index contributed by atoms with van der Waals surface area (Å²) < 4.78 is 5.45. The summed E-state index contributed by atoms with van der Waals surface area (Å²) in [5.74, 6) is 0. The van der Waals surface area contributed by atoms with E-state index < -0.39 is 0 Å². The van der Waals surface area contributed by atoms with Crippen LogP contribution in [0.5, 0.6) is 0 Å².